The van der Waals surface area contributed by atoms with Crippen LogP contribution in [-0.4, -0.2) is 28.2 Å². The summed E-state index contributed by atoms with van der Waals surface area (Å²) in [6.45, 7) is 0. The van der Waals surface area contributed by atoms with E-state index in [0.717, 1.165) is 0 Å². The molecule has 0 N–H and O–H groups in total. The molecule has 1 heterocycles. The monoisotopic (exact) mass is 492 g/mol. The number of carbonyl (C=O) groups is 2. The lowest BCUT2D eigenvalue weighted by Gasteiger charge is -2.13. The molecule has 1 amide bonds. The van der Waals surface area contributed by atoms with E-state index in [2.05, 4.69) is 0 Å². The summed E-state index contributed by atoms with van der Waals surface area (Å²) >= 11 is 6.58. The average molecular weight is 493 g/mol. The summed E-state index contributed by atoms with van der Waals surface area (Å²) in [5.74, 6) is -0.471. The molecule has 1 saturated heterocycles. The Kier molecular flexibility index (Phi) is 6.71. The molecule has 0 atom stereocenters. The third-order valence-electron chi connectivity index (χ3n) is 4.81. The zero-order chi connectivity index (χ0) is 24.2. The van der Waals surface area contributed by atoms with Crippen molar-refractivity contribution in [1.82, 2.24) is 0 Å². The molecule has 4 rings (SSSR count). The van der Waals surface area contributed by atoms with Crippen LogP contribution < -0.4 is 14.4 Å². The number of para-hydroxylation sites is 1. The maximum absolute atomic E-state index is 12.9. The first-order chi connectivity index (χ1) is 16.4. The predicted octanol–water partition coefficient (Wildman–Crippen LogP) is 5.23. The number of ether oxygens (including phenoxy) is 2. The minimum absolute atomic E-state index is 0.129. The Morgan fingerprint density at radius 1 is 1.06 bits per heavy atom. The third-order valence-corrected chi connectivity index (χ3v) is 6.11. The van der Waals surface area contributed by atoms with Gasteiger partial charge >= 0.3 is 5.97 Å². The van der Waals surface area contributed by atoms with Gasteiger partial charge in [-0.05, 0) is 48.0 Å². The molecule has 8 nitrogen and oxygen atoms in total. The van der Waals surface area contributed by atoms with Gasteiger partial charge in [-0.25, -0.2) is 4.79 Å². The summed E-state index contributed by atoms with van der Waals surface area (Å²) in [5, 5.41) is 10.8. The Hall–Kier alpha value is -4.02. The van der Waals surface area contributed by atoms with Gasteiger partial charge < -0.3 is 9.47 Å². The Morgan fingerprint density at radius 3 is 2.41 bits per heavy atom. The van der Waals surface area contributed by atoms with Crippen molar-refractivity contribution in [3.05, 3.63) is 98.9 Å². The molecule has 0 bridgehead atoms. The number of thiocarbonyl (C=S) groups is 1. The maximum atomic E-state index is 12.9. The zero-order valence-corrected chi connectivity index (χ0v) is 19.3. The number of hydrogen-bond donors (Lipinski definition) is 0. The van der Waals surface area contributed by atoms with Crippen molar-refractivity contribution >= 4 is 57.6 Å². The van der Waals surface area contributed by atoms with Gasteiger partial charge in [0, 0.05) is 12.1 Å². The molecular formula is C24H16N2O6S2. The molecule has 0 radical (unpaired) electrons. The number of methoxy groups -OCH3 is 1. The Labute approximate surface area is 203 Å². The number of amides is 1. The molecule has 1 aliphatic rings. The van der Waals surface area contributed by atoms with Gasteiger partial charge in [-0.15, -0.1) is 0 Å². The van der Waals surface area contributed by atoms with E-state index >= 15 is 0 Å². The average Bonchev–Trinajstić information content (AvgIpc) is 3.12. The van der Waals surface area contributed by atoms with Crippen LogP contribution in [0.5, 0.6) is 11.5 Å². The van der Waals surface area contributed by atoms with Crippen LogP contribution in [-0.2, 0) is 4.79 Å². The normalized spacial score (nSPS) is 14.4. The fraction of sp³-hybridized carbons (Fsp3) is 0.0417. The van der Waals surface area contributed by atoms with Crippen molar-refractivity contribution in [3.8, 4) is 11.5 Å². The minimum atomic E-state index is -0.690. The molecule has 1 fully saturated rings. The van der Waals surface area contributed by atoms with Gasteiger partial charge in [-0.2, -0.15) is 0 Å². The number of carbonyl (C=O) groups excluding carboxylic acids is 2. The second kappa shape index (κ2) is 9.86. The first-order valence-corrected chi connectivity index (χ1v) is 11.1. The van der Waals surface area contributed by atoms with Crippen LogP contribution in [0.3, 0.4) is 0 Å². The van der Waals surface area contributed by atoms with Crippen LogP contribution in [0.4, 0.5) is 11.4 Å². The van der Waals surface area contributed by atoms with Gasteiger partial charge in [0.05, 0.1) is 28.2 Å². The van der Waals surface area contributed by atoms with Gasteiger partial charge in [0.15, 0.2) is 15.8 Å². The van der Waals surface area contributed by atoms with E-state index in [1.54, 1.807) is 24.3 Å². The third kappa shape index (κ3) is 4.82. The highest BCUT2D eigenvalue weighted by atomic mass is 32.2. The Bertz CT molecular complexity index is 1320. The van der Waals surface area contributed by atoms with Crippen LogP contribution in [0.1, 0.15) is 15.9 Å². The molecule has 34 heavy (non-hydrogen) atoms. The van der Waals surface area contributed by atoms with Gasteiger partial charge in [-0.3, -0.25) is 19.8 Å². The highest BCUT2D eigenvalue weighted by Gasteiger charge is 2.33. The molecule has 0 saturated carbocycles. The summed E-state index contributed by atoms with van der Waals surface area (Å²) in [6.07, 6.45) is 1.69. The molecule has 10 heteroatoms. The van der Waals surface area contributed by atoms with Crippen molar-refractivity contribution in [3.63, 3.8) is 0 Å². The molecule has 0 aliphatic carbocycles. The number of nitrogens with zero attached hydrogens (tertiary/aromatic N) is 2. The number of non-ortho nitro benzene ring substituents is 1. The maximum Gasteiger partial charge on any atom is 0.343 e. The highest BCUT2D eigenvalue weighted by molar-refractivity contribution is 8.27. The molecule has 3 aromatic rings. The van der Waals surface area contributed by atoms with Crippen LogP contribution >= 0.6 is 24.0 Å². The van der Waals surface area contributed by atoms with E-state index in [9.17, 15) is 19.7 Å². The fourth-order valence-corrected chi connectivity index (χ4v) is 4.45. The lowest BCUT2D eigenvalue weighted by molar-refractivity contribution is -0.384. The first-order valence-electron chi connectivity index (χ1n) is 9.85. The molecule has 3 aromatic carbocycles. The molecule has 0 aromatic heterocycles. The summed E-state index contributed by atoms with van der Waals surface area (Å²) < 4.78 is 11.2. The second-order valence-electron chi connectivity index (χ2n) is 6.96. The lowest BCUT2D eigenvalue weighted by Crippen LogP contribution is -2.27. The number of anilines is 1. The molecule has 0 unspecified atom stereocenters. The van der Waals surface area contributed by atoms with Crippen LogP contribution in [0.15, 0.2) is 77.7 Å². The summed E-state index contributed by atoms with van der Waals surface area (Å²) in [5.41, 5.74) is 1.37. The number of thioether (sulfide) groups is 1. The van der Waals surface area contributed by atoms with E-state index in [1.807, 2.05) is 30.3 Å². The van der Waals surface area contributed by atoms with E-state index in [0.29, 0.717) is 20.5 Å². The van der Waals surface area contributed by atoms with E-state index < -0.39 is 10.9 Å². The molecule has 170 valence electrons. The van der Waals surface area contributed by atoms with E-state index in [1.165, 1.54) is 48.0 Å². The van der Waals surface area contributed by atoms with Gasteiger partial charge in [-0.1, -0.05) is 48.2 Å². The second-order valence-corrected chi connectivity index (χ2v) is 8.63. The number of rotatable bonds is 6. The van der Waals surface area contributed by atoms with Gasteiger partial charge in [0.2, 0.25) is 0 Å². The van der Waals surface area contributed by atoms with E-state index in [-0.39, 0.29) is 28.7 Å². The van der Waals surface area contributed by atoms with Crippen LogP contribution in [0.25, 0.3) is 6.08 Å². The predicted molar refractivity (Wildman–Crippen MR) is 133 cm³/mol. The van der Waals surface area contributed by atoms with Crippen LogP contribution in [0.2, 0.25) is 0 Å². The van der Waals surface area contributed by atoms with E-state index in [4.69, 9.17) is 21.7 Å². The summed E-state index contributed by atoms with van der Waals surface area (Å²) in [7, 11) is 1.43. The van der Waals surface area contributed by atoms with Crippen molar-refractivity contribution in [2.45, 2.75) is 0 Å². The zero-order valence-electron chi connectivity index (χ0n) is 17.7. The van der Waals surface area contributed by atoms with Crippen molar-refractivity contribution in [2.75, 3.05) is 12.0 Å². The van der Waals surface area contributed by atoms with Crippen molar-refractivity contribution < 1.29 is 24.0 Å². The smallest absolute Gasteiger partial charge is 0.343 e. The SMILES string of the molecule is COc1cc(/C=C2\SC(=S)N(c3ccccc3)C2=O)ccc1OC(=O)c1ccc([N+](=O)[O-])cc1. The van der Waals surface area contributed by atoms with Crippen molar-refractivity contribution in [1.29, 1.82) is 0 Å². The van der Waals surface area contributed by atoms with Gasteiger partial charge in [0.25, 0.3) is 11.6 Å². The minimum Gasteiger partial charge on any atom is -0.493 e. The standard InChI is InChI=1S/C24H16N2O6S2/c1-31-20-13-15(14-21-22(27)25(24(33)34-21)17-5-3-2-4-6-17)7-12-19(20)32-23(28)16-8-10-18(11-9-16)26(29)30/h2-14H,1H3/b21-14-. The fourth-order valence-electron chi connectivity index (χ4n) is 3.16. The number of hydrogen-bond acceptors (Lipinski definition) is 8. The number of benzene rings is 3. The largest absolute Gasteiger partial charge is 0.493 e. The van der Waals surface area contributed by atoms with Crippen LogP contribution in [0, 0.1) is 10.1 Å². The van der Waals surface area contributed by atoms with Crippen molar-refractivity contribution in [2.24, 2.45) is 0 Å². The molecule has 0 spiro atoms. The molecular weight excluding hydrogens is 476 g/mol. The number of esters is 1. The quantitative estimate of drug-likeness (QED) is 0.115. The first kappa shape index (κ1) is 23.1. The number of nitro groups is 1. The number of nitro benzene ring substituents is 1. The highest BCUT2D eigenvalue weighted by Crippen LogP contribution is 2.37. The Morgan fingerprint density at radius 2 is 1.76 bits per heavy atom. The summed E-state index contributed by atoms with van der Waals surface area (Å²) in [6, 6.07) is 19.1. The molecule has 1 aliphatic heterocycles. The van der Waals surface area contributed by atoms with Gasteiger partial charge in [0.1, 0.15) is 0 Å². The summed E-state index contributed by atoms with van der Waals surface area (Å²) in [4.78, 5) is 37.5. The lowest BCUT2D eigenvalue weighted by atomic mass is 10.1. The Balaban J connectivity index is 1.54. The topological polar surface area (TPSA) is 99.0 Å².